The Balaban J connectivity index is 1.71. The SMILES string of the molecule is Cn1nc(Cc2cc(Cl)c(O)c(Cl)n2)c2cnc(N3CCCC3)cc21. The number of aromatic hydroxyl groups is 1. The van der Waals surface area contributed by atoms with Crippen LogP contribution in [0.4, 0.5) is 5.82 Å². The van der Waals surface area contributed by atoms with E-state index in [1.807, 2.05) is 17.9 Å². The molecule has 0 amide bonds. The lowest BCUT2D eigenvalue weighted by Crippen LogP contribution is -2.18. The number of nitrogens with zero attached hydrogens (tertiary/aromatic N) is 5. The van der Waals surface area contributed by atoms with E-state index in [1.165, 1.54) is 12.8 Å². The summed E-state index contributed by atoms with van der Waals surface area (Å²) in [5, 5.41) is 15.4. The van der Waals surface area contributed by atoms with Crippen molar-refractivity contribution in [3.8, 4) is 5.75 Å². The van der Waals surface area contributed by atoms with Crippen LogP contribution in [0.1, 0.15) is 24.2 Å². The smallest absolute Gasteiger partial charge is 0.172 e. The van der Waals surface area contributed by atoms with E-state index in [0.717, 1.165) is 35.5 Å². The Hall–Kier alpha value is -2.05. The Morgan fingerprint density at radius 2 is 1.96 bits per heavy atom. The van der Waals surface area contributed by atoms with Crippen LogP contribution in [0.3, 0.4) is 0 Å². The summed E-state index contributed by atoms with van der Waals surface area (Å²) in [7, 11) is 1.92. The molecule has 1 aliphatic rings. The molecule has 0 bridgehead atoms. The molecule has 0 aliphatic carbocycles. The van der Waals surface area contributed by atoms with Crippen molar-refractivity contribution in [2.75, 3.05) is 18.0 Å². The third kappa shape index (κ3) is 3.00. The van der Waals surface area contributed by atoms with Gasteiger partial charge in [0.1, 0.15) is 5.82 Å². The Bertz CT molecular complexity index is 927. The van der Waals surface area contributed by atoms with Gasteiger partial charge in [0, 0.05) is 49.9 Å². The Kier molecular flexibility index (Phi) is 4.17. The topological polar surface area (TPSA) is 67.1 Å². The van der Waals surface area contributed by atoms with Gasteiger partial charge in [0.15, 0.2) is 10.9 Å². The zero-order chi connectivity index (χ0) is 17.6. The summed E-state index contributed by atoms with van der Waals surface area (Å²) in [6.07, 6.45) is 4.76. The summed E-state index contributed by atoms with van der Waals surface area (Å²) in [5.41, 5.74) is 2.53. The molecule has 130 valence electrons. The van der Waals surface area contributed by atoms with Crippen molar-refractivity contribution < 1.29 is 5.11 Å². The fourth-order valence-corrected chi connectivity index (χ4v) is 3.72. The molecule has 1 fully saturated rings. The van der Waals surface area contributed by atoms with Gasteiger partial charge in [-0.1, -0.05) is 23.2 Å². The number of rotatable bonds is 3. The predicted molar refractivity (Wildman–Crippen MR) is 98.7 cm³/mol. The molecule has 0 radical (unpaired) electrons. The molecule has 8 heteroatoms. The van der Waals surface area contributed by atoms with E-state index >= 15 is 0 Å². The van der Waals surface area contributed by atoms with E-state index in [2.05, 4.69) is 26.0 Å². The van der Waals surface area contributed by atoms with Gasteiger partial charge in [0.2, 0.25) is 0 Å². The Labute approximate surface area is 155 Å². The van der Waals surface area contributed by atoms with E-state index in [0.29, 0.717) is 12.1 Å². The van der Waals surface area contributed by atoms with E-state index in [1.54, 1.807) is 6.07 Å². The van der Waals surface area contributed by atoms with Gasteiger partial charge in [-0.3, -0.25) is 4.68 Å². The molecule has 0 atom stereocenters. The Morgan fingerprint density at radius 1 is 1.20 bits per heavy atom. The highest BCUT2D eigenvalue weighted by Crippen LogP contribution is 2.31. The van der Waals surface area contributed by atoms with Crippen LogP contribution < -0.4 is 4.90 Å². The molecule has 0 aromatic carbocycles. The van der Waals surface area contributed by atoms with Crippen LogP contribution in [-0.4, -0.2) is 37.9 Å². The van der Waals surface area contributed by atoms with Crippen LogP contribution in [0, 0.1) is 0 Å². The molecule has 4 rings (SSSR count). The van der Waals surface area contributed by atoms with E-state index in [9.17, 15) is 5.11 Å². The molecule has 1 aliphatic heterocycles. The molecule has 0 saturated carbocycles. The van der Waals surface area contributed by atoms with Gasteiger partial charge in [-0.05, 0) is 18.9 Å². The quantitative estimate of drug-likeness (QED) is 0.706. The van der Waals surface area contributed by atoms with Crippen molar-refractivity contribution in [1.82, 2.24) is 19.7 Å². The molecular formula is C17H17Cl2N5O. The van der Waals surface area contributed by atoms with E-state index in [-0.39, 0.29) is 15.9 Å². The highest BCUT2D eigenvalue weighted by molar-refractivity contribution is 6.36. The van der Waals surface area contributed by atoms with Gasteiger partial charge in [0.05, 0.1) is 16.2 Å². The monoisotopic (exact) mass is 377 g/mol. The number of pyridine rings is 2. The molecule has 3 aromatic heterocycles. The first-order valence-electron chi connectivity index (χ1n) is 8.13. The minimum atomic E-state index is -0.199. The number of aromatic nitrogens is 4. The number of aryl methyl sites for hydroxylation is 1. The molecule has 0 spiro atoms. The number of anilines is 1. The second-order valence-electron chi connectivity index (χ2n) is 6.24. The van der Waals surface area contributed by atoms with E-state index < -0.39 is 0 Å². The molecule has 3 aromatic rings. The zero-order valence-electron chi connectivity index (χ0n) is 13.7. The maximum Gasteiger partial charge on any atom is 0.172 e. The number of halogens is 2. The fourth-order valence-electron chi connectivity index (χ4n) is 3.25. The van der Waals surface area contributed by atoms with Gasteiger partial charge in [-0.2, -0.15) is 5.10 Å². The van der Waals surface area contributed by atoms with Gasteiger partial charge in [0.25, 0.3) is 0 Å². The zero-order valence-corrected chi connectivity index (χ0v) is 15.2. The van der Waals surface area contributed by atoms with Crippen molar-refractivity contribution >= 4 is 39.9 Å². The number of hydrogen-bond donors (Lipinski definition) is 1. The summed E-state index contributed by atoms with van der Waals surface area (Å²) in [5.74, 6) is 0.795. The van der Waals surface area contributed by atoms with Crippen molar-refractivity contribution in [3.63, 3.8) is 0 Å². The number of fused-ring (bicyclic) bond motifs is 1. The third-order valence-corrected chi connectivity index (χ3v) is 5.08. The first-order chi connectivity index (χ1) is 12.0. The summed E-state index contributed by atoms with van der Waals surface area (Å²) >= 11 is 11.9. The second-order valence-corrected chi connectivity index (χ2v) is 7.00. The number of hydrogen-bond acceptors (Lipinski definition) is 5. The highest BCUT2D eigenvalue weighted by Gasteiger charge is 2.17. The average molecular weight is 378 g/mol. The predicted octanol–water partition coefficient (Wildman–Crippen LogP) is 3.57. The van der Waals surface area contributed by atoms with Crippen LogP contribution in [0.15, 0.2) is 18.3 Å². The standard InChI is InChI=1S/C17H17Cl2N5O/c1-23-14-8-15(24-4-2-3-5-24)20-9-11(14)13(22-23)7-10-6-12(18)16(25)17(19)21-10/h6,8-9,25H,2-5,7H2,1H3. The van der Waals surface area contributed by atoms with Crippen molar-refractivity contribution in [3.05, 3.63) is 39.9 Å². The molecule has 4 heterocycles. The first kappa shape index (κ1) is 16.4. The molecular weight excluding hydrogens is 361 g/mol. The van der Waals surface area contributed by atoms with Gasteiger partial charge in [-0.15, -0.1) is 0 Å². The second kappa shape index (κ2) is 6.35. The van der Waals surface area contributed by atoms with Crippen LogP contribution in [-0.2, 0) is 13.5 Å². The summed E-state index contributed by atoms with van der Waals surface area (Å²) in [6, 6.07) is 3.69. The van der Waals surface area contributed by atoms with Crippen LogP contribution >= 0.6 is 23.2 Å². The third-order valence-electron chi connectivity index (χ3n) is 4.53. The normalized spacial score (nSPS) is 14.6. The highest BCUT2D eigenvalue weighted by atomic mass is 35.5. The lowest BCUT2D eigenvalue weighted by Gasteiger charge is -2.16. The molecule has 6 nitrogen and oxygen atoms in total. The lowest BCUT2D eigenvalue weighted by molar-refractivity contribution is 0.473. The summed E-state index contributed by atoms with van der Waals surface area (Å²) < 4.78 is 1.86. The van der Waals surface area contributed by atoms with E-state index in [4.69, 9.17) is 23.2 Å². The molecule has 1 N–H and O–H groups in total. The Morgan fingerprint density at radius 3 is 2.68 bits per heavy atom. The molecule has 25 heavy (non-hydrogen) atoms. The first-order valence-corrected chi connectivity index (χ1v) is 8.89. The van der Waals surface area contributed by atoms with Gasteiger partial charge in [-0.25, -0.2) is 9.97 Å². The summed E-state index contributed by atoms with van der Waals surface area (Å²) in [6.45, 7) is 2.11. The maximum absolute atomic E-state index is 9.65. The maximum atomic E-state index is 9.65. The van der Waals surface area contributed by atoms with Gasteiger partial charge >= 0.3 is 0 Å². The van der Waals surface area contributed by atoms with Crippen molar-refractivity contribution in [2.45, 2.75) is 19.3 Å². The van der Waals surface area contributed by atoms with Crippen molar-refractivity contribution in [2.24, 2.45) is 7.05 Å². The minimum Gasteiger partial charge on any atom is -0.504 e. The van der Waals surface area contributed by atoms with Crippen LogP contribution in [0.25, 0.3) is 10.9 Å². The lowest BCUT2D eigenvalue weighted by atomic mass is 10.1. The summed E-state index contributed by atoms with van der Waals surface area (Å²) in [4.78, 5) is 11.1. The van der Waals surface area contributed by atoms with Crippen molar-refractivity contribution in [1.29, 1.82) is 0 Å². The van der Waals surface area contributed by atoms with Crippen LogP contribution in [0.2, 0.25) is 10.2 Å². The molecule has 0 unspecified atom stereocenters. The molecule has 1 saturated heterocycles. The minimum absolute atomic E-state index is 0.00261. The average Bonchev–Trinajstić information content (AvgIpc) is 3.22. The van der Waals surface area contributed by atoms with Crippen LogP contribution in [0.5, 0.6) is 5.75 Å². The fraction of sp³-hybridized carbons (Fsp3) is 0.353. The largest absolute Gasteiger partial charge is 0.504 e. The van der Waals surface area contributed by atoms with Gasteiger partial charge < -0.3 is 10.0 Å².